The standard InChI is InChI=1S/C17H30O4/c1-4-6-7-8-9-10-11-14-15(12-17(18)20-5-2)21-13-16(14)19-3/h12,14,16H,4-11,13H2,1-3H3/b15-12+/t14-,16-/m1/s1. The van der Waals surface area contributed by atoms with Crippen LogP contribution >= 0.6 is 0 Å². The van der Waals surface area contributed by atoms with E-state index in [9.17, 15) is 4.79 Å². The lowest BCUT2D eigenvalue weighted by Crippen LogP contribution is -2.20. The molecule has 0 unspecified atom stereocenters. The van der Waals surface area contributed by atoms with Crippen LogP contribution in [0.15, 0.2) is 11.8 Å². The van der Waals surface area contributed by atoms with E-state index in [1.165, 1.54) is 38.2 Å². The summed E-state index contributed by atoms with van der Waals surface area (Å²) >= 11 is 0. The van der Waals surface area contributed by atoms with E-state index in [0.717, 1.165) is 18.6 Å². The van der Waals surface area contributed by atoms with Gasteiger partial charge in [-0.2, -0.15) is 0 Å². The molecule has 0 aromatic heterocycles. The number of ether oxygens (including phenoxy) is 3. The molecule has 0 aromatic rings. The van der Waals surface area contributed by atoms with Gasteiger partial charge in [-0.1, -0.05) is 45.4 Å². The summed E-state index contributed by atoms with van der Waals surface area (Å²) in [5, 5.41) is 0. The Bertz CT molecular complexity index is 325. The number of methoxy groups -OCH3 is 1. The maximum Gasteiger partial charge on any atom is 0.334 e. The Kier molecular flexibility index (Phi) is 9.15. The Morgan fingerprint density at radius 2 is 1.95 bits per heavy atom. The maximum absolute atomic E-state index is 11.6. The van der Waals surface area contributed by atoms with Gasteiger partial charge in [0.05, 0.1) is 12.7 Å². The second-order valence-corrected chi connectivity index (χ2v) is 5.55. The molecule has 0 aromatic carbocycles. The van der Waals surface area contributed by atoms with Crippen molar-refractivity contribution in [3.05, 3.63) is 11.8 Å². The lowest BCUT2D eigenvalue weighted by atomic mass is 9.95. The molecule has 2 atom stereocenters. The van der Waals surface area contributed by atoms with Gasteiger partial charge in [0.25, 0.3) is 0 Å². The zero-order valence-electron chi connectivity index (χ0n) is 13.7. The Balaban J connectivity index is 2.43. The van der Waals surface area contributed by atoms with E-state index in [4.69, 9.17) is 14.2 Å². The van der Waals surface area contributed by atoms with Crippen LogP contribution in [0, 0.1) is 5.92 Å². The second-order valence-electron chi connectivity index (χ2n) is 5.55. The average Bonchev–Trinajstić information content (AvgIpc) is 2.85. The lowest BCUT2D eigenvalue weighted by Gasteiger charge is -2.15. The van der Waals surface area contributed by atoms with E-state index >= 15 is 0 Å². The molecule has 0 bridgehead atoms. The van der Waals surface area contributed by atoms with Crippen molar-refractivity contribution in [3.8, 4) is 0 Å². The number of unbranched alkanes of at least 4 members (excludes halogenated alkanes) is 5. The first-order chi connectivity index (χ1) is 10.2. The normalized spacial score (nSPS) is 23.3. The average molecular weight is 298 g/mol. The molecular weight excluding hydrogens is 268 g/mol. The van der Waals surface area contributed by atoms with Gasteiger partial charge >= 0.3 is 5.97 Å². The summed E-state index contributed by atoms with van der Waals surface area (Å²) in [6, 6.07) is 0. The molecule has 1 aliphatic rings. The number of hydrogen-bond donors (Lipinski definition) is 0. The highest BCUT2D eigenvalue weighted by Crippen LogP contribution is 2.31. The van der Waals surface area contributed by atoms with Gasteiger partial charge in [0.1, 0.15) is 18.5 Å². The molecule has 0 aliphatic carbocycles. The van der Waals surface area contributed by atoms with Crippen molar-refractivity contribution < 1.29 is 19.0 Å². The zero-order chi connectivity index (χ0) is 15.5. The number of hydrogen-bond acceptors (Lipinski definition) is 4. The summed E-state index contributed by atoms with van der Waals surface area (Å²) < 4.78 is 16.0. The molecule has 4 nitrogen and oxygen atoms in total. The quantitative estimate of drug-likeness (QED) is 0.349. The van der Waals surface area contributed by atoms with Crippen molar-refractivity contribution in [2.24, 2.45) is 5.92 Å². The van der Waals surface area contributed by atoms with E-state index in [1.54, 1.807) is 14.0 Å². The molecule has 0 N–H and O–H groups in total. The van der Waals surface area contributed by atoms with Gasteiger partial charge in [-0.3, -0.25) is 0 Å². The van der Waals surface area contributed by atoms with E-state index in [1.807, 2.05) is 0 Å². The van der Waals surface area contributed by atoms with E-state index in [-0.39, 0.29) is 18.0 Å². The monoisotopic (exact) mass is 298 g/mol. The summed E-state index contributed by atoms with van der Waals surface area (Å²) in [4.78, 5) is 11.6. The third-order valence-corrected chi connectivity index (χ3v) is 3.95. The Morgan fingerprint density at radius 3 is 2.62 bits per heavy atom. The first kappa shape index (κ1) is 18.0. The van der Waals surface area contributed by atoms with Crippen molar-refractivity contribution in [1.82, 2.24) is 0 Å². The highest BCUT2D eigenvalue weighted by molar-refractivity contribution is 5.82. The van der Waals surface area contributed by atoms with Gasteiger partial charge in [0.2, 0.25) is 0 Å². The molecule has 0 radical (unpaired) electrons. The minimum atomic E-state index is -0.322. The first-order valence-electron chi connectivity index (χ1n) is 8.26. The van der Waals surface area contributed by atoms with Gasteiger partial charge in [0, 0.05) is 13.0 Å². The molecule has 0 saturated carbocycles. The van der Waals surface area contributed by atoms with Crippen LogP contribution < -0.4 is 0 Å². The zero-order valence-corrected chi connectivity index (χ0v) is 13.7. The molecule has 0 amide bonds. The molecule has 4 heteroatoms. The summed E-state index contributed by atoms with van der Waals surface area (Å²) in [6.45, 7) is 4.95. The second kappa shape index (κ2) is 10.7. The highest BCUT2D eigenvalue weighted by Gasteiger charge is 2.33. The first-order valence-corrected chi connectivity index (χ1v) is 8.26. The SMILES string of the molecule is CCCCCCCC[C@@H]1/C(=C\C(=O)OCC)OC[C@H]1OC. The van der Waals surface area contributed by atoms with Crippen molar-refractivity contribution in [3.63, 3.8) is 0 Å². The molecule has 1 saturated heterocycles. The fourth-order valence-corrected chi connectivity index (χ4v) is 2.74. The van der Waals surface area contributed by atoms with Crippen molar-refractivity contribution >= 4 is 5.97 Å². The molecule has 1 fully saturated rings. The molecule has 122 valence electrons. The molecule has 1 rings (SSSR count). The maximum atomic E-state index is 11.6. The van der Waals surface area contributed by atoms with Gasteiger partial charge < -0.3 is 14.2 Å². The highest BCUT2D eigenvalue weighted by atomic mass is 16.5. The number of carbonyl (C=O) groups excluding carboxylic acids is 1. The third-order valence-electron chi connectivity index (χ3n) is 3.95. The summed E-state index contributed by atoms with van der Waals surface area (Å²) in [5.74, 6) is 0.594. The van der Waals surface area contributed by atoms with Crippen LogP contribution in [0.25, 0.3) is 0 Å². The van der Waals surface area contributed by atoms with Gasteiger partial charge in [-0.15, -0.1) is 0 Å². The minimum absolute atomic E-state index is 0.0568. The topological polar surface area (TPSA) is 44.8 Å². The predicted molar refractivity (Wildman–Crippen MR) is 82.9 cm³/mol. The molecule has 1 heterocycles. The smallest absolute Gasteiger partial charge is 0.334 e. The molecule has 0 spiro atoms. The van der Waals surface area contributed by atoms with Crippen LogP contribution in [0.3, 0.4) is 0 Å². The lowest BCUT2D eigenvalue weighted by molar-refractivity contribution is -0.137. The number of rotatable bonds is 10. The summed E-state index contributed by atoms with van der Waals surface area (Å²) in [6.07, 6.45) is 10.1. The molecule has 21 heavy (non-hydrogen) atoms. The Morgan fingerprint density at radius 1 is 1.24 bits per heavy atom. The fourth-order valence-electron chi connectivity index (χ4n) is 2.74. The van der Waals surface area contributed by atoms with E-state index < -0.39 is 0 Å². The van der Waals surface area contributed by atoms with Gasteiger partial charge in [-0.05, 0) is 13.3 Å². The third kappa shape index (κ3) is 6.51. The van der Waals surface area contributed by atoms with Gasteiger partial charge in [0.15, 0.2) is 0 Å². The van der Waals surface area contributed by atoms with Crippen LogP contribution in [0.2, 0.25) is 0 Å². The largest absolute Gasteiger partial charge is 0.495 e. The van der Waals surface area contributed by atoms with Crippen molar-refractivity contribution in [2.45, 2.75) is 64.9 Å². The molecular formula is C17H30O4. The van der Waals surface area contributed by atoms with Crippen LogP contribution in [-0.4, -0.2) is 32.4 Å². The Labute approximate surface area is 128 Å². The predicted octanol–water partition coefficient (Wildman–Crippen LogP) is 3.85. The number of esters is 1. The van der Waals surface area contributed by atoms with Crippen LogP contribution in [0.5, 0.6) is 0 Å². The van der Waals surface area contributed by atoms with E-state index in [2.05, 4.69) is 6.92 Å². The van der Waals surface area contributed by atoms with Gasteiger partial charge in [-0.25, -0.2) is 4.79 Å². The summed E-state index contributed by atoms with van der Waals surface area (Å²) in [7, 11) is 1.70. The fraction of sp³-hybridized carbons (Fsp3) is 0.824. The van der Waals surface area contributed by atoms with Crippen LogP contribution in [-0.2, 0) is 19.0 Å². The Hall–Kier alpha value is -1.03. The number of carbonyl (C=O) groups is 1. The van der Waals surface area contributed by atoms with Crippen molar-refractivity contribution in [2.75, 3.05) is 20.3 Å². The van der Waals surface area contributed by atoms with E-state index in [0.29, 0.717) is 13.2 Å². The molecule has 1 aliphatic heterocycles. The minimum Gasteiger partial charge on any atom is -0.495 e. The summed E-state index contributed by atoms with van der Waals surface area (Å²) in [5.41, 5.74) is 0. The van der Waals surface area contributed by atoms with Crippen LogP contribution in [0.4, 0.5) is 0 Å². The van der Waals surface area contributed by atoms with Crippen LogP contribution in [0.1, 0.15) is 58.8 Å². The van der Waals surface area contributed by atoms with Crippen molar-refractivity contribution in [1.29, 1.82) is 0 Å².